The van der Waals surface area contributed by atoms with Gasteiger partial charge in [-0.2, -0.15) is 23.3 Å². The standard InChI is InChI=1S/C19H15BrClF3N2O3/c1-11-7-14(5-6-15(11)21)29-10-17(27)26-18(28,19(22,23)24)9-16(25-26)12-3-2-4-13(20)8-12/h2-8,28H,9-10H2,1H3/t18-/m1/s1. The van der Waals surface area contributed by atoms with Gasteiger partial charge in [-0.1, -0.05) is 39.7 Å². The van der Waals surface area contributed by atoms with Crippen LogP contribution in [0.5, 0.6) is 5.75 Å². The van der Waals surface area contributed by atoms with Crippen LogP contribution in [0.15, 0.2) is 52.0 Å². The Kier molecular flexibility index (Phi) is 5.93. The van der Waals surface area contributed by atoms with E-state index in [9.17, 15) is 23.1 Å². The Morgan fingerprint density at radius 1 is 1.34 bits per heavy atom. The molecule has 1 N–H and O–H groups in total. The molecule has 0 spiro atoms. The zero-order valence-corrected chi connectivity index (χ0v) is 17.3. The second-order valence-electron chi connectivity index (χ2n) is 6.45. The molecule has 1 aliphatic heterocycles. The lowest BCUT2D eigenvalue weighted by molar-refractivity contribution is -0.302. The van der Waals surface area contributed by atoms with Crippen LogP contribution in [0.4, 0.5) is 13.2 Å². The van der Waals surface area contributed by atoms with Crippen LogP contribution in [-0.4, -0.2) is 40.2 Å². The Bertz CT molecular complexity index is 983. The monoisotopic (exact) mass is 490 g/mol. The summed E-state index contributed by atoms with van der Waals surface area (Å²) in [5, 5.41) is 14.6. The summed E-state index contributed by atoms with van der Waals surface area (Å²) in [4.78, 5) is 12.5. The molecular formula is C19H15BrClF3N2O3. The molecule has 1 aliphatic rings. The van der Waals surface area contributed by atoms with Crippen molar-refractivity contribution in [3.05, 3.63) is 63.1 Å². The number of aryl methyl sites for hydroxylation is 1. The first-order chi connectivity index (χ1) is 13.5. The van der Waals surface area contributed by atoms with E-state index in [-0.39, 0.29) is 16.5 Å². The Hall–Kier alpha value is -2.10. The largest absolute Gasteiger partial charge is 0.484 e. The lowest BCUT2D eigenvalue weighted by Gasteiger charge is -2.32. The van der Waals surface area contributed by atoms with E-state index in [1.807, 2.05) is 0 Å². The molecule has 0 bridgehead atoms. The topological polar surface area (TPSA) is 62.1 Å². The fourth-order valence-electron chi connectivity index (χ4n) is 2.77. The zero-order valence-electron chi connectivity index (χ0n) is 15.0. The van der Waals surface area contributed by atoms with E-state index >= 15 is 0 Å². The van der Waals surface area contributed by atoms with Crippen molar-refractivity contribution in [2.75, 3.05) is 6.61 Å². The van der Waals surface area contributed by atoms with Gasteiger partial charge in [-0.25, -0.2) is 0 Å². The number of carbonyl (C=O) groups excluding carboxylic acids is 1. The van der Waals surface area contributed by atoms with Crippen LogP contribution >= 0.6 is 27.5 Å². The summed E-state index contributed by atoms with van der Waals surface area (Å²) < 4.78 is 46.7. The molecule has 2 aromatic rings. The zero-order chi connectivity index (χ0) is 21.4. The summed E-state index contributed by atoms with van der Waals surface area (Å²) in [6.45, 7) is 0.975. The summed E-state index contributed by atoms with van der Waals surface area (Å²) >= 11 is 9.14. The minimum atomic E-state index is -5.11. The maximum atomic E-state index is 13.6. The Balaban J connectivity index is 1.85. The Morgan fingerprint density at radius 2 is 2.07 bits per heavy atom. The van der Waals surface area contributed by atoms with Gasteiger partial charge in [0.2, 0.25) is 0 Å². The lowest BCUT2D eigenvalue weighted by Crippen LogP contribution is -2.57. The third-order valence-electron chi connectivity index (χ3n) is 4.32. The van der Waals surface area contributed by atoms with Gasteiger partial charge >= 0.3 is 6.18 Å². The summed E-state index contributed by atoms with van der Waals surface area (Å²) in [5.41, 5.74) is -2.49. The molecule has 1 amide bonds. The molecule has 0 unspecified atom stereocenters. The van der Waals surface area contributed by atoms with Crippen LogP contribution in [0, 0.1) is 6.92 Å². The minimum absolute atomic E-state index is 0.0476. The van der Waals surface area contributed by atoms with Crippen LogP contribution in [0.1, 0.15) is 17.5 Å². The molecule has 10 heteroatoms. The molecule has 0 aliphatic carbocycles. The van der Waals surface area contributed by atoms with E-state index in [2.05, 4.69) is 21.0 Å². The Morgan fingerprint density at radius 3 is 2.69 bits per heavy atom. The van der Waals surface area contributed by atoms with E-state index in [0.717, 1.165) is 0 Å². The number of ether oxygens (including phenoxy) is 1. The predicted molar refractivity (Wildman–Crippen MR) is 105 cm³/mol. The average Bonchev–Trinajstić information content (AvgIpc) is 3.01. The van der Waals surface area contributed by atoms with Gasteiger partial charge < -0.3 is 9.84 Å². The molecule has 0 saturated heterocycles. The van der Waals surface area contributed by atoms with Crippen molar-refractivity contribution < 1.29 is 27.8 Å². The third-order valence-corrected chi connectivity index (χ3v) is 5.24. The van der Waals surface area contributed by atoms with Crippen molar-refractivity contribution in [3.8, 4) is 5.75 Å². The van der Waals surface area contributed by atoms with Crippen molar-refractivity contribution in [2.24, 2.45) is 5.10 Å². The maximum absolute atomic E-state index is 13.6. The number of halogens is 5. The SMILES string of the molecule is Cc1cc(OCC(=O)N2N=C(c3cccc(Br)c3)C[C@@]2(O)C(F)(F)F)ccc1Cl. The molecule has 0 saturated carbocycles. The van der Waals surface area contributed by atoms with Gasteiger partial charge in [-0.15, -0.1) is 0 Å². The maximum Gasteiger partial charge on any atom is 0.438 e. The highest BCUT2D eigenvalue weighted by molar-refractivity contribution is 9.10. The van der Waals surface area contributed by atoms with Crippen LogP contribution in [0.3, 0.4) is 0 Å². The van der Waals surface area contributed by atoms with Gasteiger partial charge in [0.05, 0.1) is 12.1 Å². The van der Waals surface area contributed by atoms with E-state index < -0.39 is 30.8 Å². The van der Waals surface area contributed by atoms with Crippen molar-refractivity contribution in [2.45, 2.75) is 25.2 Å². The molecule has 1 atom stereocenters. The molecule has 0 aromatic heterocycles. The number of hydrogen-bond acceptors (Lipinski definition) is 4. The fraction of sp³-hybridized carbons (Fsp3) is 0.263. The van der Waals surface area contributed by atoms with Gasteiger partial charge in [0.15, 0.2) is 6.61 Å². The van der Waals surface area contributed by atoms with E-state index in [1.54, 1.807) is 43.3 Å². The number of amides is 1. The third kappa shape index (κ3) is 4.41. The van der Waals surface area contributed by atoms with E-state index in [1.165, 1.54) is 6.07 Å². The first kappa shape index (κ1) is 21.6. The molecule has 0 radical (unpaired) electrons. The van der Waals surface area contributed by atoms with Gasteiger partial charge in [0.1, 0.15) is 5.75 Å². The molecule has 154 valence electrons. The van der Waals surface area contributed by atoms with Gasteiger partial charge in [0.25, 0.3) is 11.6 Å². The molecule has 5 nitrogen and oxygen atoms in total. The fourth-order valence-corrected chi connectivity index (χ4v) is 3.29. The highest BCUT2D eigenvalue weighted by Crippen LogP contribution is 2.41. The summed E-state index contributed by atoms with van der Waals surface area (Å²) in [6, 6.07) is 11.0. The number of rotatable bonds is 4. The Labute approximate surface area is 177 Å². The molecule has 29 heavy (non-hydrogen) atoms. The van der Waals surface area contributed by atoms with Crippen LogP contribution in [0.25, 0.3) is 0 Å². The van der Waals surface area contributed by atoms with Crippen molar-refractivity contribution in [3.63, 3.8) is 0 Å². The molecule has 1 heterocycles. The second kappa shape index (κ2) is 7.97. The second-order valence-corrected chi connectivity index (χ2v) is 7.78. The number of aliphatic hydroxyl groups is 1. The number of hydrogen-bond donors (Lipinski definition) is 1. The van der Waals surface area contributed by atoms with Gasteiger partial charge in [0, 0.05) is 9.50 Å². The average molecular weight is 492 g/mol. The number of benzene rings is 2. The van der Waals surface area contributed by atoms with Crippen molar-refractivity contribution in [1.29, 1.82) is 0 Å². The van der Waals surface area contributed by atoms with Gasteiger partial charge in [-0.05, 0) is 48.4 Å². The van der Waals surface area contributed by atoms with E-state index in [4.69, 9.17) is 16.3 Å². The first-order valence-corrected chi connectivity index (χ1v) is 9.53. The molecule has 2 aromatic carbocycles. The molecule has 0 fully saturated rings. The first-order valence-electron chi connectivity index (χ1n) is 8.36. The summed E-state index contributed by atoms with van der Waals surface area (Å²) in [5.74, 6) is -0.881. The van der Waals surface area contributed by atoms with Crippen molar-refractivity contribution in [1.82, 2.24) is 5.01 Å². The summed E-state index contributed by atoms with van der Waals surface area (Å²) in [6.07, 6.45) is -6.00. The van der Waals surface area contributed by atoms with Gasteiger partial charge in [-0.3, -0.25) is 4.79 Å². The lowest BCUT2D eigenvalue weighted by atomic mass is 10.0. The predicted octanol–water partition coefficient (Wildman–Crippen LogP) is 4.68. The van der Waals surface area contributed by atoms with E-state index in [0.29, 0.717) is 20.6 Å². The molecule has 3 rings (SSSR count). The number of nitrogens with zero attached hydrogens (tertiary/aromatic N) is 2. The quantitative estimate of drug-likeness (QED) is 0.676. The number of hydrazone groups is 1. The van der Waals surface area contributed by atoms with Crippen LogP contribution < -0.4 is 4.74 Å². The number of carbonyl (C=O) groups is 1. The highest BCUT2D eigenvalue weighted by Gasteiger charge is 2.63. The number of alkyl halides is 3. The van der Waals surface area contributed by atoms with Crippen LogP contribution in [-0.2, 0) is 4.79 Å². The smallest absolute Gasteiger partial charge is 0.438 e. The minimum Gasteiger partial charge on any atom is -0.484 e. The summed E-state index contributed by atoms with van der Waals surface area (Å²) in [7, 11) is 0. The molecular weight excluding hydrogens is 477 g/mol. The van der Waals surface area contributed by atoms with Crippen LogP contribution in [0.2, 0.25) is 5.02 Å². The normalized spacial score (nSPS) is 19.3. The van der Waals surface area contributed by atoms with Crippen molar-refractivity contribution >= 4 is 39.1 Å². The highest BCUT2D eigenvalue weighted by atomic mass is 79.9.